The molecule has 0 aliphatic rings. The molecule has 0 aromatic carbocycles. The van der Waals surface area contributed by atoms with E-state index in [0.717, 1.165) is 6.07 Å². The van der Waals surface area contributed by atoms with E-state index >= 15 is 0 Å². The van der Waals surface area contributed by atoms with Gasteiger partial charge in [-0.2, -0.15) is 13.2 Å². The maximum absolute atomic E-state index is 12.5. The quantitative estimate of drug-likeness (QED) is 0.869. The zero-order valence-corrected chi connectivity index (χ0v) is 8.29. The number of carbonyl (C=O) groups is 1. The van der Waals surface area contributed by atoms with Gasteiger partial charge in [-0.3, -0.25) is 9.78 Å². The zero-order chi connectivity index (χ0) is 12.2. The number of nitrogens with zero attached hydrogens (tertiary/aromatic N) is 1. The second-order valence-electron chi connectivity index (χ2n) is 3.24. The monoisotopic (exact) mass is 233 g/mol. The molecule has 1 N–H and O–H groups in total. The van der Waals surface area contributed by atoms with Crippen LogP contribution in [0.5, 0.6) is 0 Å². The third kappa shape index (κ3) is 3.52. The Morgan fingerprint density at radius 3 is 2.69 bits per heavy atom. The molecule has 1 aromatic rings. The second-order valence-corrected chi connectivity index (χ2v) is 3.24. The molecule has 0 atom stereocenters. The Morgan fingerprint density at radius 2 is 2.12 bits per heavy atom. The van der Waals surface area contributed by atoms with Crippen LogP contribution in [0.3, 0.4) is 0 Å². The highest BCUT2D eigenvalue weighted by Crippen LogP contribution is 2.31. The van der Waals surface area contributed by atoms with E-state index in [2.05, 4.69) is 4.98 Å². The Bertz CT molecular complexity index is 377. The normalized spacial score (nSPS) is 11.4. The van der Waals surface area contributed by atoms with Crippen molar-refractivity contribution in [2.45, 2.75) is 25.4 Å². The lowest BCUT2D eigenvalue weighted by Crippen LogP contribution is -2.11. The van der Waals surface area contributed by atoms with Crippen molar-refractivity contribution < 1.29 is 23.1 Å². The number of halogens is 3. The molecule has 0 amide bonds. The highest BCUT2D eigenvalue weighted by atomic mass is 19.4. The minimum absolute atomic E-state index is 0.0159. The predicted molar refractivity (Wildman–Crippen MR) is 49.8 cm³/mol. The van der Waals surface area contributed by atoms with Crippen LogP contribution in [-0.4, -0.2) is 16.1 Å². The fraction of sp³-hybridized carbons (Fsp3) is 0.400. The molecule has 88 valence electrons. The third-order valence-corrected chi connectivity index (χ3v) is 2.00. The number of aliphatic carboxylic acids is 1. The van der Waals surface area contributed by atoms with Crippen LogP contribution in [0.15, 0.2) is 18.3 Å². The summed E-state index contributed by atoms with van der Waals surface area (Å²) in [7, 11) is 0. The molecule has 0 radical (unpaired) electrons. The average molecular weight is 233 g/mol. The lowest BCUT2D eigenvalue weighted by atomic mass is 10.1. The van der Waals surface area contributed by atoms with Crippen molar-refractivity contribution in [1.29, 1.82) is 0 Å². The SMILES string of the molecule is O=C(O)CCCc1ncccc1C(F)(F)F. The summed E-state index contributed by atoms with van der Waals surface area (Å²) in [4.78, 5) is 13.9. The first-order valence-electron chi connectivity index (χ1n) is 4.64. The van der Waals surface area contributed by atoms with Gasteiger partial charge in [-0.05, 0) is 25.0 Å². The van der Waals surface area contributed by atoms with Crippen molar-refractivity contribution in [3.8, 4) is 0 Å². The van der Waals surface area contributed by atoms with Crippen LogP contribution in [0.25, 0.3) is 0 Å². The summed E-state index contributed by atoms with van der Waals surface area (Å²) in [6.45, 7) is 0. The number of hydrogen-bond acceptors (Lipinski definition) is 2. The zero-order valence-electron chi connectivity index (χ0n) is 8.29. The first-order chi connectivity index (χ1) is 7.41. The van der Waals surface area contributed by atoms with E-state index in [1.165, 1.54) is 12.3 Å². The number of aryl methyl sites for hydroxylation is 1. The summed E-state index contributed by atoms with van der Waals surface area (Å²) < 4.78 is 37.4. The summed E-state index contributed by atoms with van der Waals surface area (Å²) >= 11 is 0. The number of hydrogen-bond donors (Lipinski definition) is 1. The number of carboxylic acids is 1. The molecule has 0 bridgehead atoms. The van der Waals surface area contributed by atoms with Gasteiger partial charge < -0.3 is 5.11 Å². The second kappa shape index (κ2) is 4.96. The Hall–Kier alpha value is -1.59. The van der Waals surface area contributed by atoms with Gasteiger partial charge in [0.25, 0.3) is 0 Å². The molecule has 0 aliphatic carbocycles. The van der Waals surface area contributed by atoms with E-state index in [9.17, 15) is 18.0 Å². The van der Waals surface area contributed by atoms with Crippen LogP contribution in [0, 0.1) is 0 Å². The molecule has 0 spiro atoms. The molecule has 1 heterocycles. The largest absolute Gasteiger partial charge is 0.481 e. The minimum Gasteiger partial charge on any atom is -0.481 e. The van der Waals surface area contributed by atoms with Gasteiger partial charge in [0, 0.05) is 12.6 Å². The van der Waals surface area contributed by atoms with Crippen LogP contribution in [0.1, 0.15) is 24.1 Å². The predicted octanol–water partition coefficient (Wildman–Crippen LogP) is 2.51. The number of rotatable bonds is 4. The molecule has 0 saturated carbocycles. The van der Waals surface area contributed by atoms with Crippen LogP contribution >= 0.6 is 0 Å². The molecule has 0 unspecified atom stereocenters. The molecule has 1 aromatic heterocycles. The van der Waals surface area contributed by atoms with Gasteiger partial charge >= 0.3 is 12.1 Å². The third-order valence-electron chi connectivity index (χ3n) is 2.00. The summed E-state index contributed by atoms with van der Waals surface area (Å²) in [5.41, 5.74) is -0.892. The first kappa shape index (κ1) is 12.5. The number of pyridine rings is 1. The number of carboxylic acid groups (broad SMARTS) is 1. The van der Waals surface area contributed by atoms with Crippen LogP contribution in [0.4, 0.5) is 13.2 Å². The fourth-order valence-electron chi connectivity index (χ4n) is 1.30. The molecule has 16 heavy (non-hydrogen) atoms. The summed E-state index contributed by atoms with van der Waals surface area (Å²) in [6.07, 6.45) is -3.16. The topological polar surface area (TPSA) is 50.2 Å². The van der Waals surface area contributed by atoms with Crippen molar-refractivity contribution in [3.05, 3.63) is 29.6 Å². The Kier molecular flexibility index (Phi) is 3.87. The van der Waals surface area contributed by atoms with Gasteiger partial charge in [0.05, 0.1) is 11.3 Å². The lowest BCUT2D eigenvalue weighted by Gasteiger charge is -2.10. The van der Waals surface area contributed by atoms with Crippen molar-refractivity contribution in [1.82, 2.24) is 4.98 Å². The minimum atomic E-state index is -4.44. The van der Waals surface area contributed by atoms with Crippen LogP contribution in [-0.2, 0) is 17.4 Å². The van der Waals surface area contributed by atoms with Gasteiger partial charge in [0.15, 0.2) is 0 Å². The maximum Gasteiger partial charge on any atom is 0.418 e. The molecule has 6 heteroatoms. The Labute approximate surface area is 89.9 Å². The molecule has 1 rings (SSSR count). The Balaban J connectivity index is 2.76. The number of aromatic nitrogens is 1. The van der Waals surface area contributed by atoms with Crippen molar-refractivity contribution in [3.63, 3.8) is 0 Å². The van der Waals surface area contributed by atoms with Crippen LogP contribution < -0.4 is 0 Å². The van der Waals surface area contributed by atoms with Gasteiger partial charge in [-0.1, -0.05) is 0 Å². The van der Waals surface area contributed by atoms with E-state index < -0.39 is 17.7 Å². The molecular formula is C10H10F3NO2. The number of alkyl halides is 3. The van der Waals surface area contributed by atoms with Gasteiger partial charge in [-0.15, -0.1) is 0 Å². The van der Waals surface area contributed by atoms with Crippen molar-refractivity contribution in [2.75, 3.05) is 0 Å². The van der Waals surface area contributed by atoms with Gasteiger partial charge in [0.1, 0.15) is 0 Å². The van der Waals surface area contributed by atoms with Crippen LogP contribution in [0.2, 0.25) is 0 Å². The molecule has 0 fully saturated rings. The average Bonchev–Trinajstić information content (AvgIpc) is 2.16. The van der Waals surface area contributed by atoms with E-state index in [1.54, 1.807) is 0 Å². The smallest absolute Gasteiger partial charge is 0.418 e. The van der Waals surface area contributed by atoms with Gasteiger partial charge in [0.2, 0.25) is 0 Å². The van der Waals surface area contributed by atoms with Crippen molar-refractivity contribution in [2.24, 2.45) is 0 Å². The highest BCUT2D eigenvalue weighted by Gasteiger charge is 2.33. The molecule has 3 nitrogen and oxygen atoms in total. The molecular weight excluding hydrogens is 223 g/mol. The fourth-order valence-corrected chi connectivity index (χ4v) is 1.30. The van der Waals surface area contributed by atoms with E-state index in [0.29, 0.717) is 0 Å². The summed E-state index contributed by atoms with van der Waals surface area (Å²) in [5, 5.41) is 8.38. The highest BCUT2D eigenvalue weighted by molar-refractivity contribution is 5.66. The lowest BCUT2D eigenvalue weighted by molar-refractivity contribution is -0.138. The Morgan fingerprint density at radius 1 is 1.44 bits per heavy atom. The summed E-state index contributed by atoms with van der Waals surface area (Å²) in [5.74, 6) is -1.02. The standard InChI is InChI=1S/C10H10F3NO2/c11-10(12,13)7-3-2-6-14-8(7)4-1-5-9(15)16/h2-3,6H,1,4-5H2,(H,15,16). The summed E-state index contributed by atoms with van der Waals surface area (Å²) in [6, 6.07) is 2.16. The molecule has 0 aliphatic heterocycles. The van der Waals surface area contributed by atoms with Gasteiger partial charge in [-0.25, -0.2) is 0 Å². The van der Waals surface area contributed by atoms with E-state index in [-0.39, 0.29) is 25.0 Å². The first-order valence-corrected chi connectivity index (χ1v) is 4.64. The molecule has 0 saturated heterocycles. The maximum atomic E-state index is 12.5. The van der Waals surface area contributed by atoms with Crippen molar-refractivity contribution >= 4 is 5.97 Å². The van der Waals surface area contributed by atoms with E-state index in [4.69, 9.17) is 5.11 Å². The van der Waals surface area contributed by atoms with E-state index in [1.807, 2.05) is 0 Å².